The fourth-order valence-electron chi connectivity index (χ4n) is 1.97. The molecule has 2 aromatic rings. The molecule has 0 heterocycles. The topological polar surface area (TPSA) is 46.2 Å². The molecule has 0 amide bonds. The van der Waals surface area contributed by atoms with E-state index in [-0.39, 0.29) is 5.75 Å². The summed E-state index contributed by atoms with van der Waals surface area (Å²) in [5.74, 6) is 0.543. The molecule has 2 aromatic carbocycles. The van der Waals surface area contributed by atoms with Crippen molar-refractivity contribution in [2.45, 2.75) is 19.3 Å². The monoisotopic (exact) mass is 227 g/mol. The molecular formula is C15H17NO. The van der Waals surface area contributed by atoms with Crippen LogP contribution in [0.1, 0.15) is 24.0 Å². The van der Waals surface area contributed by atoms with Crippen LogP contribution in [-0.2, 0) is 6.42 Å². The predicted molar refractivity (Wildman–Crippen MR) is 71.1 cm³/mol. The lowest BCUT2D eigenvalue weighted by Crippen LogP contribution is -1.99. The average Bonchev–Trinajstić information content (AvgIpc) is 2.34. The van der Waals surface area contributed by atoms with Gasteiger partial charge >= 0.3 is 0 Å². The third-order valence-electron chi connectivity index (χ3n) is 3.01. The summed E-state index contributed by atoms with van der Waals surface area (Å²) in [4.78, 5) is 0. The van der Waals surface area contributed by atoms with E-state index in [1.54, 1.807) is 6.07 Å². The number of benzene rings is 2. The summed E-state index contributed by atoms with van der Waals surface area (Å²) in [5.41, 5.74) is 8.62. The van der Waals surface area contributed by atoms with Gasteiger partial charge in [0.2, 0.25) is 0 Å². The molecule has 0 radical (unpaired) electrons. The van der Waals surface area contributed by atoms with Gasteiger partial charge in [-0.1, -0.05) is 43.3 Å². The van der Waals surface area contributed by atoms with Crippen molar-refractivity contribution in [3.63, 3.8) is 0 Å². The molecule has 1 atom stereocenters. The molecule has 2 nitrogen and oxygen atoms in total. The van der Waals surface area contributed by atoms with Gasteiger partial charge in [0.05, 0.1) is 5.69 Å². The number of hydrogen-bond donors (Lipinski definition) is 2. The summed E-state index contributed by atoms with van der Waals surface area (Å²) in [6.07, 6.45) is 0.977. The Morgan fingerprint density at radius 2 is 1.82 bits per heavy atom. The number of rotatable bonds is 3. The molecule has 0 aromatic heterocycles. The Balaban J connectivity index is 2.14. The van der Waals surface area contributed by atoms with E-state index in [1.807, 2.05) is 30.3 Å². The molecule has 2 rings (SSSR count). The second-order valence-electron chi connectivity index (χ2n) is 4.41. The molecule has 1 unspecified atom stereocenters. The van der Waals surface area contributed by atoms with E-state index >= 15 is 0 Å². The zero-order valence-electron chi connectivity index (χ0n) is 9.93. The highest BCUT2D eigenvalue weighted by Crippen LogP contribution is 2.27. The van der Waals surface area contributed by atoms with E-state index in [4.69, 9.17) is 5.73 Å². The number of phenolic OH excluding ortho intramolecular Hbond substituents is 1. The van der Waals surface area contributed by atoms with Gasteiger partial charge < -0.3 is 10.8 Å². The second kappa shape index (κ2) is 4.91. The molecule has 0 aliphatic heterocycles. The molecule has 0 aliphatic rings. The van der Waals surface area contributed by atoms with E-state index in [9.17, 15) is 5.11 Å². The van der Waals surface area contributed by atoms with Gasteiger partial charge in [-0.15, -0.1) is 0 Å². The Bertz CT molecular complexity index is 494. The van der Waals surface area contributed by atoms with E-state index in [2.05, 4.69) is 19.1 Å². The third kappa shape index (κ3) is 2.78. The Hall–Kier alpha value is -1.96. The summed E-state index contributed by atoms with van der Waals surface area (Å²) in [7, 11) is 0. The molecule has 0 saturated heterocycles. The predicted octanol–water partition coefficient (Wildman–Crippen LogP) is 3.32. The van der Waals surface area contributed by atoms with Gasteiger partial charge in [0.15, 0.2) is 0 Å². The minimum Gasteiger partial charge on any atom is -0.506 e. The molecule has 0 saturated carbocycles. The molecular weight excluding hydrogens is 210 g/mol. The molecule has 17 heavy (non-hydrogen) atoms. The van der Waals surface area contributed by atoms with Crippen molar-refractivity contribution in [1.82, 2.24) is 0 Å². The van der Waals surface area contributed by atoms with Crippen LogP contribution in [0.15, 0.2) is 48.5 Å². The minimum absolute atomic E-state index is 0.153. The average molecular weight is 227 g/mol. The standard InChI is InChI=1S/C15H17NO/c1-11(9-12-5-3-2-4-6-12)13-7-8-15(17)14(16)10-13/h2-8,10-11,17H,9,16H2,1H3. The van der Waals surface area contributed by atoms with Crippen molar-refractivity contribution in [3.8, 4) is 5.75 Å². The summed E-state index contributed by atoms with van der Waals surface area (Å²) >= 11 is 0. The highest BCUT2D eigenvalue weighted by atomic mass is 16.3. The van der Waals surface area contributed by atoms with Crippen LogP contribution in [0.5, 0.6) is 5.75 Å². The van der Waals surface area contributed by atoms with Crippen LogP contribution in [0.25, 0.3) is 0 Å². The Kier molecular flexibility index (Phi) is 3.33. The number of nitrogen functional groups attached to an aromatic ring is 1. The van der Waals surface area contributed by atoms with Gasteiger partial charge in [-0.25, -0.2) is 0 Å². The molecule has 0 fully saturated rings. The fraction of sp³-hybridized carbons (Fsp3) is 0.200. The maximum Gasteiger partial charge on any atom is 0.138 e. The lowest BCUT2D eigenvalue weighted by molar-refractivity contribution is 0.477. The molecule has 0 spiro atoms. The zero-order valence-corrected chi connectivity index (χ0v) is 9.93. The summed E-state index contributed by atoms with van der Waals surface area (Å²) < 4.78 is 0. The number of nitrogens with two attached hydrogens (primary N) is 1. The maximum absolute atomic E-state index is 9.39. The number of aromatic hydroxyl groups is 1. The Morgan fingerprint density at radius 3 is 2.47 bits per heavy atom. The minimum atomic E-state index is 0.153. The molecule has 3 N–H and O–H groups in total. The van der Waals surface area contributed by atoms with Crippen molar-refractivity contribution in [1.29, 1.82) is 0 Å². The van der Waals surface area contributed by atoms with E-state index < -0.39 is 0 Å². The van der Waals surface area contributed by atoms with Crippen molar-refractivity contribution in [3.05, 3.63) is 59.7 Å². The van der Waals surface area contributed by atoms with E-state index in [0.717, 1.165) is 12.0 Å². The quantitative estimate of drug-likeness (QED) is 0.624. The van der Waals surface area contributed by atoms with Crippen molar-refractivity contribution in [2.75, 3.05) is 5.73 Å². The van der Waals surface area contributed by atoms with E-state index in [1.165, 1.54) is 5.56 Å². The molecule has 0 aliphatic carbocycles. The number of phenols is 1. The smallest absolute Gasteiger partial charge is 0.138 e. The van der Waals surface area contributed by atoms with Gasteiger partial charge in [0.1, 0.15) is 5.75 Å². The van der Waals surface area contributed by atoms with Crippen LogP contribution in [0, 0.1) is 0 Å². The van der Waals surface area contributed by atoms with Gasteiger partial charge in [-0.2, -0.15) is 0 Å². The van der Waals surface area contributed by atoms with Gasteiger partial charge in [0, 0.05) is 0 Å². The Morgan fingerprint density at radius 1 is 1.12 bits per heavy atom. The maximum atomic E-state index is 9.39. The molecule has 2 heteroatoms. The second-order valence-corrected chi connectivity index (χ2v) is 4.41. The van der Waals surface area contributed by atoms with Crippen LogP contribution in [0.3, 0.4) is 0 Å². The first-order chi connectivity index (χ1) is 8.16. The molecule has 0 bridgehead atoms. The zero-order chi connectivity index (χ0) is 12.3. The van der Waals surface area contributed by atoms with Gasteiger partial charge in [-0.05, 0) is 35.6 Å². The van der Waals surface area contributed by atoms with Crippen LogP contribution in [-0.4, -0.2) is 5.11 Å². The first-order valence-electron chi connectivity index (χ1n) is 5.79. The van der Waals surface area contributed by atoms with E-state index in [0.29, 0.717) is 11.6 Å². The fourth-order valence-corrected chi connectivity index (χ4v) is 1.97. The first-order valence-corrected chi connectivity index (χ1v) is 5.79. The SMILES string of the molecule is CC(Cc1ccccc1)c1ccc(O)c(N)c1. The summed E-state index contributed by atoms with van der Waals surface area (Å²) in [6.45, 7) is 2.17. The molecule has 88 valence electrons. The summed E-state index contributed by atoms with van der Waals surface area (Å²) in [6, 6.07) is 15.8. The van der Waals surface area contributed by atoms with Crippen LogP contribution in [0.4, 0.5) is 5.69 Å². The lowest BCUT2D eigenvalue weighted by atomic mass is 9.93. The van der Waals surface area contributed by atoms with Crippen LogP contribution < -0.4 is 5.73 Å². The number of hydrogen-bond acceptors (Lipinski definition) is 2. The lowest BCUT2D eigenvalue weighted by Gasteiger charge is -2.13. The largest absolute Gasteiger partial charge is 0.506 e. The van der Waals surface area contributed by atoms with Crippen LogP contribution >= 0.6 is 0 Å². The first kappa shape index (κ1) is 11.5. The van der Waals surface area contributed by atoms with Crippen molar-refractivity contribution < 1.29 is 5.11 Å². The van der Waals surface area contributed by atoms with Gasteiger partial charge in [0.25, 0.3) is 0 Å². The highest BCUT2D eigenvalue weighted by molar-refractivity contribution is 5.53. The Labute approximate surface area is 102 Å². The third-order valence-corrected chi connectivity index (χ3v) is 3.01. The van der Waals surface area contributed by atoms with Crippen molar-refractivity contribution >= 4 is 5.69 Å². The summed E-state index contributed by atoms with van der Waals surface area (Å²) in [5, 5.41) is 9.39. The number of anilines is 1. The normalized spacial score (nSPS) is 12.3. The van der Waals surface area contributed by atoms with Gasteiger partial charge in [-0.3, -0.25) is 0 Å². The van der Waals surface area contributed by atoms with Crippen molar-refractivity contribution in [2.24, 2.45) is 0 Å². The van der Waals surface area contributed by atoms with Crippen LogP contribution in [0.2, 0.25) is 0 Å². The highest BCUT2D eigenvalue weighted by Gasteiger charge is 2.08.